The third kappa shape index (κ3) is 3.72. The van der Waals surface area contributed by atoms with Gasteiger partial charge in [-0.15, -0.1) is 5.11 Å². The lowest BCUT2D eigenvalue weighted by Crippen LogP contribution is -1.86. The van der Waals surface area contributed by atoms with E-state index in [4.69, 9.17) is 4.74 Å². The van der Waals surface area contributed by atoms with Crippen LogP contribution >= 0.6 is 0 Å². The van der Waals surface area contributed by atoms with Gasteiger partial charge in [-0.2, -0.15) is 5.11 Å². The molecule has 4 heteroatoms. The Bertz CT molecular complexity index is 369. The molecule has 1 aromatic carbocycles. The quantitative estimate of drug-likeness (QED) is 0.558. The Kier molecular flexibility index (Phi) is 4.22. The molecular formula is C11H12N2O2. The number of carbonyl (C=O) groups excluding carboxylic acids is 1. The molecule has 0 aliphatic rings. The molecule has 0 aliphatic carbocycles. The summed E-state index contributed by atoms with van der Waals surface area (Å²) in [6, 6.07) is 7.41. The Morgan fingerprint density at radius 1 is 1.47 bits per heavy atom. The normalized spacial score (nSPS) is 10.2. The molecule has 0 saturated carbocycles. The second-order valence-corrected chi connectivity index (χ2v) is 2.79. The maximum atomic E-state index is 10.7. The maximum Gasteiger partial charge on any atom is 0.287 e. The SMILES string of the molecule is C=CC(=O)N=NCc1ccc(OC)cc1. The zero-order valence-corrected chi connectivity index (χ0v) is 8.51. The van der Waals surface area contributed by atoms with Crippen molar-refractivity contribution in [1.82, 2.24) is 0 Å². The molecule has 0 saturated heterocycles. The summed E-state index contributed by atoms with van der Waals surface area (Å²) in [4.78, 5) is 10.7. The number of rotatable bonds is 4. The lowest BCUT2D eigenvalue weighted by molar-refractivity contribution is -0.113. The van der Waals surface area contributed by atoms with E-state index in [-0.39, 0.29) is 0 Å². The largest absolute Gasteiger partial charge is 0.497 e. The van der Waals surface area contributed by atoms with Gasteiger partial charge in [0.15, 0.2) is 0 Å². The predicted molar refractivity (Wildman–Crippen MR) is 56.8 cm³/mol. The molecule has 4 nitrogen and oxygen atoms in total. The van der Waals surface area contributed by atoms with Crippen LogP contribution < -0.4 is 4.74 Å². The minimum Gasteiger partial charge on any atom is -0.497 e. The first-order chi connectivity index (χ1) is 7.26. The average molecular weight is 204 g/mol. The summed E-state index contributed by atoms with van der Waals surface area (Å²) in [5.41, 5.74) is 0.969. The van der Waals surface area contributed by atoms with E-state index in [0.29, 0.717) is 6.54 Å². The highest BCUT2D eigenvalue weighted by Crippen LogP contribution is 2.11. The minimum absolute atomic E-state index is 0.379. The van der Waals surface area contributed by atoms with Gasteiger partial charge in [0.2, 0.25) is 0 Å². The summed E-state index contributed by atoms with van der Waals surface area (Å²) < 4.78 is 5.01. The smallest absolute Gasteiger partial charge is 0.287 e. The van der Waals surface area contributed by atoms with Crippen molar-refractivity contribution in [2.24, 2.45) is 10.2 Å². The average Bonchev–Trinajstić information content (AvgIpc) is 2.29. The van der Waals surface area contributed by atoms with Crippen molar-refractivity contribution in [2.45, 2.75) is 6.54 Å². The van der Waals surface area contributed by atoms with Crippen LogP contribution in [0.1, 0.15) is 5.56 Å². The number of ether oxygens (including phenoxy) is 1. The fraction of sp³-hybridized carbons (Fsp3) is 0.182. The van der Waals surface area contributed by atoms with Crippen molar-refractivity contribution in [1.29, 1.82) is 0 Å². The van der Waals surface area contributed by atoms with E-state index in [1.165, 1.54) is 0 Å². The molecule has 0 heterocycles. The van der Waals surface area contributed by atoms with Crippen LogP contribution in [0.2, 0.25) is 0 Å². The van der Waals surface area contributed by atoms with Crippen molar-refractivity contribution < 1.29 is 9.53 Å². The number of hydrogen-bond donors (Lipinski definition) is 0. The van der Waals surface area contributed by atoms with Gasteiger partial charge in [0.05, 0.1) is 13.7 Å². The monoisotopic (exact) mass is 204 g/mol. The van der Waals surface area contributed by atoms with Crippen LogP contribution in [0.3, 0.4) is 0 Å². The lowest BCUT2D eigenvalue weighted by atomic mass is 10.2. The molecule has 15 heavy (non-hydrogen) atoms. The molecule has 78 valence electrons. The minimum atomic E-state index is -0.427. The van der Waals surface area contributed by atoms with Crippen LogP contribution in [0.25, 0.3) is 0 Å². The molecule has 0 aliphatic heterocycles. The van der Waals surface area contributed by atoms with E-state index < -0.39 is 5.91 Å². The summed E-state index contributed by atoms with van der Waals surface area (Å²) in [5.74, 6) is 0.362. The van der Waals surface area contributed by atoms with Crippen LogP contribution in [0.5, 0.6) is 5.75 Å². The van der Waals surface area contributed by atoms with E-state index in [0.717, 1.165) is 17.4 Å². The molecule has 0 aromatic heterocycles. The molecule has 0 unspecified atom stereocenters. The Hall–Kier alpha value is -1.97. The fourth-order valence-corrected chi connectivity index (χ4v) is 0.958. The highest BCUT2D eigenvalue weighted by Gasteiger charge is 1.93. The number of amides is 1. The van der Waals surface area contributed by atoms with E-state index in [1.54, 1.807) is 7.11 Å². The zero-order valence-electron chi connectivity index (χ0n) is 8.51. The molecule has 0 bridgehead atoms. The fourth-order valence-electron chi connectivity index (χ4n) is 0.958. The van der Waals surface area contributed by atoms with Crippen molar-refractivity contribution in [3.63, 3.8) is 0 Å². The van der Waals surface area contributed by atoms with Gasteiger partial charge in [-0.25, -0.2) is 0 Å². The van der Waals surface area contributed by atoms with Crippen LogP contribution in [-0.2, 0) is 11.3 Å². The first-order valence-electron chi connectivity index (χ1n) is 4.43. The van der Waals surface area contributed by atoms with Crippen molar-refractivity contribution in [3.8, 4) is 5.75 Å². The van der Waals surface area contributed by atoms with Gasteiger partial charge in [-0.3, -0.25) is 4.79 Å². The second-order valence-electron chi connectivity index (χ2n) is 2.79. The number of azo groups is 1. The summed E-state index contributed by atoms with van der Waals surface area (Å²) >= 11 is 0. The number of nitrogens with zero attached hydrogens (tertiary/aromatic N) is 2. The van der Waals surface area contributed by atoms with Crippen molar-refractivity contribution in [2.75, 3.05) is 7.11 Å². The Balaban J connectivity index is 2.54. The molecule has 0 spiro atoms. The van der Waals surface area contributed by atoms with E-state index >= 15 is 0 Å². The number of hydrogen-bond acceptors (Lipinski definition) is 3. The van der Waals surface area contributed by atoms with Gasteiger partial charge < -0.3 is 4.74 Å². The third-order valence-corrected chi connectivity index (χ3v) is 1.76. The predicted octanol–water partition coefficient (Wildman–Crippen LogP) is 2.36. The van der Waals surface area contributed by atoms with Gasteiger partial charge in [0.1, 0.15) is 5.75 Å². The molecule has 0 fully saturated rings. The molecule has 0 atom stereocenters. The molecule has 1 amide bonds. The van der Waals surface area contributed by atoms with E-state index in [2.05, 4.69) is 16.8 Å². The highest BCUT2D eigenvalue weighted by atomic mass is 16.5. The van der Waals surface area contributed by atoms with Gasteiger partial charge in [0, 0.05) is 0 Å². The standard InChI is InChI=1S/C11H12N2O2/c1-3-11(14)13-12-8-9-4-6-10(15-2)7-5-9/h3-7H,1,8H2,2H3. The molecule has 1 aromatic rings. The van der Waals surface area contributed by atoms with Gasteiger partial charge in [0.25, 0.3) is 5.91 Å². The van der Waals surface area contributed by atoms with Gasteiger partial charge in [-0.1, -0.05) is 18.7 Å². The lowest BCUT2D eigenvalue weighted by Gasteiger charge is -1.99. The summed E-state index contributed by atoms with van der Waals surface area (Å²) in [6.45, 7) is 3.67. The van der Waals surface area contributed by atoms with Crippen LogP contribution in [-0.4, -0.2) is 13.0 Å². The zero-order chi connectivity index (χ0) is 11.1. The summed E-state index contributed by atoms with van der Waals surface area (Å²) in [6.07, 6.45) is 1.12. The maximum absolute atomic E-state index is 10.7. The first-order valence-corrected chi connectivity index (χ1v) is 4.43. The Morgan fingerprint density at radius 2 is 2.13 bits per heavy atom. The number of benzene rings is 1. The molecular weight excluding hydrogens is 192 g/mol. The van der Waals surface area contributed by atoms with Crippen LogP contribution in [0.15, 0.2) is 47.1 Å². The van der Waals surface area contributed by atoms with Crippen molar-refractivity contribution >= 4 is 5.91 Å². The van der Waals surface area contributed by atoms with Crippen molar-refractivity contribution in [3.05, 3.63) is 42.5 Å². The number of carbonyl (C=O) groups is 1. The van der Waals surface area contributed by atoms with Crippen LogP contribution in [0.4, 0.5) is 0 Å². The van der Waals surface area contributed by atoms with Gasteiger partial charge >= 0.3 is 0 Å². The highest BCUT2D eigenvalue weighted by molar-refractivity contribution is 5.87. The molecule has 1 rings (SSSR count). The number of methoxy groups -OCH3 is 1. The topological polar surface area (TPSA) is 51.0 Å². The first kappa shape index (κ1) is 11.1. The van der Waals surface area contributed by atoms with E-state index in [1.807, 2.05) is 24.3 Å². The molecule has 0 N–H and O–H groups in total. The Labute approximate surface area is 88.3 Å². The second kappa shape index (κ2) is 5.70. The van der Waals surface area contributed by atoms with E-state index in [9.17, 15) is 4.79 Å². The molecule has 0 radical (unpaired) electrons. The third-order valence-electron chi connectivity index (χ3n) is 1.76. The van der Waals surface area contributed by atoms with Gasteiger partial charge in [-0.05, 0) is 23.8 Å². The Morgan fingerprint density at radius 3 is 2.67 bits per heavy atom. The summed E-state index contributed by atoms with van der Waals surface area (Å²) in [5, 5.41) is 7.15. The van der Waals surface area contributed by atoms with Crippen LogP contribution in [0, 0.1) is 0 Å². The summed E-state index contributed by atoms with van der Waals surface area (Å²) in [7, 11) is 1.61.